The molecular weight excluding hydrogens is 194 g/mol. The summed E-state index contributed by atoms with van der Waals surface area (Å²) in [6.45, 7) is 0. The van der Waals surface area contributed by atoms with Gasteiger partial charge in [0.15, 0.2) is 0 Å². The van der Waals surface area contributed by atoms with Crippen molar-refractivity contribution in [2.24, 2.45) is 5.92 Å². The summed E-state index contributed by atoms with van der Waals surface area (Å²) in [5.74, 6) is 0.647. The van der Waals surface area contributed by atoms with Gasteiger partial charge in [-0.15, -0.1) is 0 Å². The normalized spacial score (nSPS) is 30.8. The fourth-order valence-corrected chi connectivity index (χ4v) is 2.73. The molecule has 1 heteroatoms. The van der Waals surface area contributed by atoms with E-state index < -0.39 is 0 Å². The second kappa shape index (κ2) is 4.17. The van der Waals surface area contributed by atoms with Crippen LogP contribution in [-0.2, 0) is 0 Å². The van der Waals surface area contributed by atoms with E-state index in [0.29, 0.717) is 12.0 Å². The van der Waals surface area contributed by atoms with E-state index in [4.69, 9.17) is 0 Å². The maximum absolute atomic E-state index is 3.40. The molecule has 0 saturated carbocycles. The molecule has 1 nitrogen and oxygen atoms in total. The quantitative estimate of drug-likeness (QED) is 0.691. The average Bonchev–Trinajstić information content (AvgIpc) is 2.74. The number of hydrogen-bond acceptors (Lipinski definition) is 1. The van der Waals surface area contributed by atoms with Crippen LogP contribution in [0.4, 0.5) is 0 Å². The Hall–Kier alpha value is -1.50. The Kier molecular flexibility index (Phi) is 2.53. The number of rotatable bonds is 2. The lowest BCUT2D eigenvalue weighted by atomic mass is 9.88. The Labute approximate surface area is 96.9 Å². The fourth-order valence-electron chi connectivity index (χ4n) is 2.73. The van der Waals surface area contributed by atoms with Crippen molar-refractivity contribution in [3.8, 4) is 0 Å². The number of hydrogen-bond donors (Lipinski definition) is 1. The van der Waals surface area contributed by atoms with E-state index in [9.17, 15) is 0 Å². The SMILES string of the molecule is C1=CNC(CC2C=CC3=C2CC=CC3)C=C1. The molecule has 0 amide bonds. The predicted molar refractivity (Wildman–Crippen MR) is 67.9 cm³/mol. The van der Waals surface area contributed by atoms with Gasteiger partial charge in [-0.2, -0.15) is 0 Å². The summed E-state index contributed by atoms with van der Waals surface area (Å²) >= 11 is 0. The predicted octanol–water partition coefficient (Wildman–Crippen LogP) is 3.25. The van der Waals surface area contributed by atoms with Gasteiger partial charge in [0.1, 0.15) is 0 Å². The lowest BCUT2D eigenvalue weighted by Crippen LogP contribution is -2.26. The molecule has 0 fully saturated rings. The van der Waals surface area contributed by atoms with Gasteiger partial charge in [0.2, 0.25) is 0 Å². The Bertz CT molecular complexity index is 421. The average molecular weight is 211 g/mol. The minimum atomic E-state index is 0.498. The molecule has 1 N–H and O–H groups in total. The lowest BCUT2D eigenvalue weighted by Gasteiger charge is -2.22. The van der Waals surface area contributed by atoms with Gasteiger partial charge in [-0.25, -0.2) is 0 Å². The maximum Gasteiger partial charge on any atom is 0.0450 e. The molecule has 82 valence electrons. The monoisotopic (exact) mass is 211 g/mol. The van der Waals surface area contributed by atoms with Gasteiger partial charge in [0.05, 0.1) is 0 Å². The summed E-state index contributed by atoms with van der Waals surface area (Å²) in [5, 5.41) is 3.40. The van der Waals surface area contributed by atoms with Crippen LogP contribution < -0.4 is 5.32 Å². The van der Waals surface area contributed by atoms with E-state index in [0.717, 1.165) is 12.8 Å². The van der Waals surface area contributed by atoms with E-state index in [1.807, 2.05) is 6.20 Å². The molecule has 2 atom stereocenters. The summed E-state index contributed by atoms with van der Waals surface area (Å²) < 4.78 is 0. The van der Waals surface area contributed by atoms with Crippen molar-refractivity contribution in [2.45, 2.75) is 25.3 Å². The van der Waals surface area contributed by atoms with Gasteiger partial charge in [-0.05, 0) is 37.1 Å². The van der Waals surface area contributed by atoms with E-state index in [1.54, 1.807) is 11.1 Å². The molecule has 0 bridgehead atoms. The van der Waals surface area contributed by atoms with E-state index >= 15 is 0 Å². The van der Waals surface area contributed by atoms with Crippen LogP contribution in [0.25, 0.3) is 0 Å². The molecule has 0 saturated heterocycles. The second-order valence-electron chi connectivity index (χ2n) is 4.65. The first-order chi connectivity index (χ1) is 7.93. The van der Waals surface area contributed by atoms with Crippen LogP contribution in [0.5, 0.6) is 0 Å². The number of nitrogens with one attached hydrogen (secondary N) is 1. The highest BCUT2D eigenvalue weighted by Gasteiger charge is 2.22. The standard InChI is InChI=1S/C15H17N/c1-2-7-15-12(5-1)8-9-13(15)11-14-6-3-4-10-16-14/h1-4,6,8-10,13-14,16H,5,7,11H2. The zero-order chi connectivity index (χ0) is 10.8. The van der Waals surface area contributed by atoms with Crippen LogP contribution in [0.3, 0.4) is 0 Å². The molecule has 3 aliphatic rings. The molecule has 0 aromatic rings. The van der Waals surface area contributed by atoms with Crippen molar-refractivity contribution in [3.63, 3.8) is 0 Å². The third-order valence-electron chi connectivity index (χ3n) is 3.60. The van der Waals surface area contributed by atoms with E-state index in [2.05, 4.69) is 47.8 Å². The Morgan fingerprint density at radius 2 is 2.06 bits per heavy atom. The van der Waals surface area contributed by atoms with Gasteiger partial charge in [0, 0.05) is 12.0 Å². The molecule has 2 unspecified atom stereocenters. The molecule has 0 spiro atoms. The molecule has 0 radical (unpaired) electrons. The lowest BCUT2D eigenvalue weighted by molar-refractivity contribution is 0.558. The largest absolute Gasteiger partial charge is 0.385 e. The Balaban J connectivity index is 1.68. The summed E-state index contributed by atoms with van der Waals surface area (Å²) in [6.07, 6.45) is 21.3. The zero-order valence-electron chi connectivity index (χ0n) is 9.39. The highest BCUT2D eigenvalue weighted by molar-refractivity contribution is 5.41. The zero-order valence-corrected chi connectivity index (χ0v) is 9.39. The molecule has 2 aliphatic carbocycles. The van der Waals surface area contributed by atoms with Crippen molar-refractivity contribution >= 4 is 0 Å². The van der Waals surface area contributed by atoms with Crippen LogP contribution >= 0.6 is 0 Å². The van der Waals surface area contributed by atoms with Crippen LogP contribution in [0.1, 0.15) is 19.3 Å². The molecule has 0 aromatic heterocycles. The topological polar surface area (TPSA) is 12.0 Å². The van der Waals surface area contributed by atoms with Crippen molar-refractivity contribution < 1.29 is 0 Å². The third kappa shape index (κ3) is 1.78. The first-order valence-corrected chi connectivity index (χ1v) is 6.08. The van der Waals surface area contributed by atoms with Crippen molar-refractivity contribution in [1.29, 1.82) is 0 Å². The van der Waals surface area contributed by atoms with Gasteiger partial charge in [-0.1, -0.05) is 42.0 Å². The molecule has 0 aromatic carbocycles. The van der Waals surface area contributed by atoms with Crippen LogP contribution in [-0.4, -0.2) is 6.04 Å². The minimum Gasteiger partial charge on any atom is -0.385 e. The summed E-state index contributed by atoms with van der Waals surface area (Å²) in [7, 11) is 0. The van der Waals surface area contributed by atoms with E-state index in [-0.39, 0.29) is 0 Å². The van der Waals surface area contributed by atoms with Gasteiger partial charge >= 0.3 is 0 Å². The van der Waals surface area contributed by atoms with Gasteiger partial charge in [0.25, 0.3) is 0 Å². The molecular formula is C15H17N. The summed E-state index contributed by atoms with van der Waals surface area (Å²) in [6, 6.07) is 0.498. The minimum absolute atomic E-state index is 0.498. The molecule has 3 rings (SSSR count). The molecule has 1 heterocycles. The third-order valence-corrected chi connectivity index (χ3v) is 3.60. The Morgan fingerprint density at radius 3 is 2.94 bits per heavy atom. The van der Waals surface area contributed by atoms with Crippen molar-refractivity contribution in [2.75, 3.05) is 0 Å². The second-order valence-corrected chi connectivity index (χ2v) is 4.65. The van der Waals surface area contributed by atoms with Gasteiger partial charge < -0.3 is 5.32 Å². The van der Waals surface area contributed by atoms with Crippen LogP contribution in [0, 0.1) is 5.92 Å². The summed E-state index contributed by atoms with van der Waals surface area (Å²) in [5.41, 5.74) is 3.20. The van der Waals surface area contributed by atoms with Crippen LogP contribution in [0.2, 0.25) is 0 Å². The first kappa shape index (κ1) is 9.71. The van der Waals surface area contributed by atoms with Crippen molar-refractivity contribution in [1.82, 2.24) is 5.32 Å². The van der Waals surface area contributed by atoms with E-state index in [1.165, 1.54) is 6.42 Å². The van der Waals surface area contributed by atoms with Crippen molar-refractivity contribution in [3.05, 3.63) is 59.9 Å². The fraction of sp³-hybridized carbons (Fsp3) is 0.333. The Morgan fingerprint density at radius 1 is 1.12 bits per heavy atom. The summed E-state index contributed by atoms with van der Waals surface area (Å²) in [4.78, 5) is 0. The van der Waals surface area contributed by atoms with Gasteiger partial charge in [-0.3, -0.25) is 0 Å². The first-order valence-electron chi connectivity index (χ1n) is 6.08. The molecule has 16 heavy (non-hydrogen) atoms. The number of dihydropyridines is 1. The maximum atomic E-state index is 3.40. The smallest absolute Gasteiger partial charge is 0.0450 e. The highest BCUT2D eigenvalue weighted by atomic mass is 14.9. The molecule has 1 aliphatic heterocycles. The number of allylic oxidation sites excluding steroid dienone is 8. The highest BCUT2D eigenvalue weighted by Crippen LogP contribution is 2.35. The van der Waals surface area contributed by atoms with Crippen LogP contribution in [0.15, 0.2) is 59.9 Å².